The third-order valence-electron chi connectivity index (χ3n) is 3.38. The summed E-state index contributed by atoms with van der Waals surface area (Å²) >= 11 is 1.65. The Morgan fingerprint density at radius 3 is 2.50 bits per heavy atom. The van der Waals surface area contributed by atoms with Crippen molar-refractivity contribution in [3.8, 4) is 0 Å². The molecule has 0 saturated heterocycles. The van der Waals surface area contributed by atoms with Crippen molar-refractivity contribution >= 4 is 11.3 Å². The summed E-state index contributed by atoms with van der Waals surface area (Å²) in [6, 6.07) is 0. The fourth-order valence-corrected chi connectivity index (χ4v) is 2.42. The zero-order chi connectivity index (χ0) is 12.4. The molecule has 4 heteroatoms. The largest absolute Gasteiger partial charge is 0.372 e. The van der Waals surface area contributed by atoms with Gasteiger partial charge in [0.05, 0.1) is 5.69 Å². The van der Waals surface area contributed by atoms with Crippen LogP contribution in [0.2, 0.25) is 0 Å². The van der Waals surface area contributed by atoms with Crippen molar-refractivity contribution in [3.63, 3.8) is 0 Å². The first-order valence-corrected chi connectivity index (χ1v) is 6.49. The van der Waals surface area contributed by atoms with Crippen molar-refractivity contribution in [1.82, 2.24) is 4.98 Å². The normalized spacial score (nSPS) is 16.1. The average molecular weight is 242 g/mol. The van der Waals surface area contributed by atoms with Crippen LogP contribution in [0.5, 0.6) is 0 Å². The molecule has 0 radical (unpaired) electrons. The summed E-state index contributed by atoms with van der Waals surface area (Å²) < 4.78 is 5.43. The van der Waals surface area contributed by atoms with E-state index < -0.39 is 0 Å². The van der Waals surface area contributed by atoms with Crippen LogP contribution in [0.1, 0.15) is 44.8 Å². The monoisotopic (exact) mass is 242 g/mol. The predicted octanol–water partition coefficient (Wildman–Crippen LogP) is 2.65. The fraction of sp³-hybridized carbons (Fsp3) is 0.750. The number of hydrogen-bond acceptors (Lipinski definition) is 4. The standard InChI is InChI=1S/C12H22N2OS/c1-6-12(4,8-13)9-7-16-10(14-9)11(2,3)15-5/h7H,6,8,13H2,1-5H3. The number of thiazole rings is 1. The summed E-state index contributed by atoms with van der Waals surface area (Å²) in [6.07, 6.45) is 1.00. The van der Waals surface area contributed by atoms with E-state index in [0.29, 0.717) is 6.54 Å². The van der Waals surface area contributed by atoms with Gasteiger partial charge >= 0.3 is 0 Å². The highest BCUT2D eigenvalue weighted by Gasteiger charge is 2.29. The minimum absolute atomic E-state index is 0.0153. The van der Waals surface area contributed by atoms with E-state index >= 15 is 0 Å². The Morgan fingerprint density at radius 1 is 1.44 bits per heavy atom. The Hall–Kier alpha value is -0.450. The number of nitrogens with zero attached hydrogens (tertiary/aromatic N) is 1. The van der Waals surface area contributed by atoms with Gasteiger partial charge in [0.1, 0.15) is 10.6 Å². The quantitative estimate of drug-likeness (QED) is 0.863. The summed E-state index contributed by atoms with van der Waals surface area (Å²) in [5.74, 6) is 0. The second-order valence-corrected chi connectivity index (χ2v) is 5.73. The van der Waals surface area contributed by atoms with Gasteiger partial charge in [0.2, 0.25) is 0 Å². The van der Waals surface area contributed by atoms with Gasteiger partial charge in [0.25, 0.3) is 0 Å². The summed E-state index contributed by atoms with van der Waals surface area (Å²) in [5, 5.41) is 3.12. The Bertz CT molecular complexity index is 343. The van der Waals surface area contributed by atoms with Crippen LogP contribution in [0.25, 0.3) is 0 Å². The van der Waals surface area contributed by atoms with Crippen LogP contribution in [0, 0.1) is 0 Å². The highest BCUT2D eigenvalue weighted by atomic mass is 32.1. The van der Waals surface area contributed by atoms with E-state index in [1.165, 1.54) is 0 Å². The first-order chi connectivity index (χ1) is 7.39. The van der Waals surface area contributed by atoms with E-state index in [1.807, 2.05) is 13.8 Å². The number of ether oxygens (including phenoxy) is 1. The zero-order valence-corrected chi connectivity index (χ0v) is 11.6. The van der Waals surface area contributed by atoms with Crippen molar-refractivity contribution < 1.29 is 4.74 Å². The molecule has 92 valence electrons. The van der Waals surface area contributed by atoms with Crippen molar-refractivity contribution in [2.24, 2.45) is 5.73 Å². The molecule has 0 aliphatic heterocycles. The Morgan fingerprint density at radius 2 is 2.06 bits per heavy atom. The Labute approximate surface area is 102 Å². The van der Waals surface area contributed by atoms with Crippen LogP contribution < -0.4 is 5.73 Å². The van der Waals surface area contributed by atoms with Gasteiger partial charge in [0.15, 0.2) is 0 Å². The van der Waals surface area contributed by atoms with E-state index in [9.17, 15) is 0 Å². The fourth-order valence-electron chi connectivity index (χ4n) is 1.34. The van der Waals surface area contributed by atoms with Gasteiger partial charge in [-0.1, -0.05) is 13.8 Å². The molecule has 0 saturated carbocycles. The van der Waals surface area contributed by atoms with Crippen molar-refractivity contribution in [1.29, 1.82) is 0 Å². The maximum atomic E-state index is 5.83. The first kappa shape index (κ1) is 13.6. The van der Waals surface area contributed by atoms with Crippen LogP contribution in [-0.4, -0.2) is 18.6 Å². The third-order valence-corrected chi connectivity index (χ3v) is 4.53. The summed E-state index contributed by atoms with van der Waals surface area (Å²) in [7, 11) is 1.71. The van der Waals surface area contributed by atoms with Gasteiger partial charge < -0.3 is 10.5 Å². The minimum Gasteiger partial charge on any atom is -0.372 e. The van der Waals surface area contributed by atoms with E-state index in [4.69, 9.17) is 10.5 Å². The van der Waals surface area contributed by atoms with Gasteiger partial charge in [-0.25, -0.2) is 4.98 Å². The number of methoxy groups -OCH3 is 1. The topological polar surface area (TPSA) is 48.1 Å². The maximum absolute atomic E-state index is 5.83. The summed E-state index contributed by atoms with van der Waals surface area (Å²) in [4.78, 5) is 4.68. The van der Waals surface area contributed by atoms with Gasteiger partial charge in [-0.05, 0) is 20.3 Å². The molecule has 3 nitrogen and oxygen atoms in total. The first-order valence-electron chi connectivity index (χ1n) is 5.61. The van der Waals surface area contributed by atoms with Gasteiger partial charge in [-0.15, -0.1) is 11.3 Å². The van der Waals surface area contributed by atoms with Crippen LogP contribution in [-0.2, 0) is 15.8 Å². The van der Waals surface area contributed by atoms with Crippen molar-refractivity contribution in [2.75, 3.05) is 13.7 Å². The average Bonchev–Trinajstić information content (AvgIpc) is 2.78. The molecule has 0 aliphatic carbocycles. The predicted molar refractivity (Wildman–Crippen MR) is 68.8 cm³/mol. The molecule has 0 bridgehead atoms. The molecular formula is C12H22N2OS. The summed E-state index contributed by atoms with van der Waals surface area (Å²) in [6.45, 7) is 8.99. The molecule has 0 spiro atoms. The molecule has 1 heterocycles. The lowest BCUT2D eigenvalue weighted by atomic mass is 9.85. The van der Waals surface area contributed by atoms with Crippen LogP contribution in [0.15, 0.2) is 5.38 Å². The highest BCUT2D eigenvalue weighted by Crippen LogP contribution is 2.32. The Kier molecular flexibility index (Phi) is 4.10. The summed E-state index contributed by atoms with van der Waals surface area (Å²) in [5.41, 5.74) is 6.59. The molecule has 1 rings (SSSR count). The highest BCUT2D eigenvalue weighted by molar-refractivity contribution is 7.09. The molecule has 1 unspecified atom stereocenters. The van der Waals surface area contributed by atoms with Gasteiger partial charge in [0, 0.05) is 24.4 Å². The van der Waals surface area contributed by atoms with Crippen LogP contribution >= 0.6 is 11.3 Å². The molecule has 1 atom stereocenters. The Balaban J connectivity index is 3.03. The molecule has 0 aromatic carbocycles. The van der Waals surface area contributed by atoms with Crippen LogP contribution in [0.3, 0.4) is 0 Å². The van der Waals surface area contributed by atoms with E-state index in [0.717, 1.165) is 17.1 Å². The molecule has 0 aliphatic rings. The number of hydrogen-bond donors (Lipinski definition) is 1. The second-order valence-electron chi connectivity index (χ2n) is 4.87. The lowest BCUT2D eigenvalue weighted by molar-refractivity contribution is 0.0188. The zero-order valence-electron chi connectivity index (χ0n) is 10.8. The lowest BCUT2D eigenvalue weighted by Crippen LogP contribution is -2.31. The lowest BCUT2D eigenvalue weighted by Gasteiger charge is -2.24. The minimum atomic E-state index is -0.313. The molecular weight excluding hydrogens is 220 g/mol. The molecule has 1 aromatic heterocycles. The molecule has 16 heavy (non-hydrogen) atoms. The van der Waals surface area contributed by atoms with Gasteiger partial charge in [-0.2, -0.15) is 0 Å². The number of nitrogens with two attached hydrogens (primary N) is 1. The molecule has 0 amide bonds. The number of rotatable bonds is 5. The smallest absolute Gasteiger partial charge is 0.124 e. The van der Waals surface area contributed by atoms with Gasteiger partial charge in [-0.3, -0.25) is 0 Å². The number of aromatic nitrogens is 1. The van der Waals surface area contributed by atoms with E-state index in [2.05, 4.69) is 24.2 Å². The maximum Gasteiger partial charge on any atom is 0.124 e. The van der Waals surface area contributed by atoms with Crippen molar-refractivity contribution in [2.45, 2.75) is 45.1 Å². The van der Waals surface area contributed by atoms with Crippen LogP contribution in [0.4, 0.5) is 0 Å². The molecule has 1 aromatic rings. The third kappa shape index (κ3) is 2.44. The van der Waals surface area contributed by atoms with Crippen molar-refractivity contribution in [3.05, 3.63) is 16.1 Å². The molecule has 0 fully saturated rings. The second kappa shape index (κ2) is 4.82. The molecule has 2 N–H and O–H groups in total. The van der Waals surface area contributed by atoms with E-state index in [1.54, 1.807) is 18.4 Å². The SMILES string of the molecule is CCC(C)(CN)c1csc(C(C)(C)OC)n1. The van der Waals surface area contributed by atoms with E-state index in [-0.39, 0.29) is 11.0 Å².